The van der Waals surface area contributed by atoms with E-state index in [1.807, 2.05) is 30.0 Å². The number of hydrogen-bond donors (Lipinski definition) is 3. The Balaban J connectivity index is 1.72. The molecule has 1 aliphatic rings. The molecule has 0 aliphatic carbocycles. The van der Waals surface area contributed by atoms with Crippen LogP contribution in [0.1, 0.15) is 17.0 Å². The maximum atomic E-state index is 11.9. The fourth-order valence-electron chi connectivity index (χ4n) is 3.36. The summed E-state index contributed by atoms with van der Waals surface area (Å²) in [6.07, 6.45) is 0. The van der Waals surface area contributed by atoms with E-state index < -0.39 is 0 Å². The minimum atomic E-state index is -0.00212. The number of anilines is 3. The number of fused-ring (bicyclic) bond motifs is 1. The molecular weight excluding hydrogens is 356 g/mol. The molecule has 0 spiro atoms. The number of nitrogens with one attached hydrogen (secondary N) is 2. The van der Waals surface area contributed by atoms with Crippen molar-refractivity contribution in [3.8, 4) is 0 Å². The Hall–Kier alpha value is -3.49. The van der Waals surface area contributed by atoms with E-state index in [9.17, 15) is 4.79 Å². The molecule has 1 fully saturated rings. The number of hydrogen-bond acceptors (Lipinski definition) is 8. The van der Waals surface area contributed by atoms with Crippen LogP contribution in [0.5, 0.6) is 0 Å². The predicted molar refractivity (Wildman–Crippen MR) is 108 cm³/mol. The van der Waals surface area contributed by atoms with Crippen LogP contribution in [0.3, 0.4) is 0 Å². The van der Waals surface area contributed by atoms with Gasteiger partial charge in [0.05, 0.1) is 12.1 Å². The van der Waals surface area contributed by atoms with Gasteiger partial charge in [-0.3, -0.25) is 4.79 Å². The number of nitrogen functional groups attached to an aromatic ring is 1. The van der Waals surface area contributed by atoms with E-state index in [4.69, 9.17) is 10.7 Å². The van der Waals surface area contributed by atoms with E-state index in [-0.39, 0.29) is 18.4 Å². The van der Waals surface area contributed by atoms with Crippen LogP contribution in [-0.4, -0.2) is 45.5 Å². The van der Waals surface area contributed by atoms with Gasteiger partial charge >= 0.3 is 0 Å². The molecule has 1 amide bonds. The molecule has 2 aromatic heterocycles. The van der Waals surface area contributed by atoms with E-state index in [1.165, 1.54) is 0 Å². The second-order valence-electron chi connectivity index (χ2n) is 6.81. The van der Waals surface area contributed by atoms with Crippen molar-refractivity contribution >= 4 is 34.5 Å². The minimum Gasteiger partial charge on any atom is -0.368 e. The molecule has 1 aromatic carbocycles. The van der Waals surface area contributed by atoms with Gasteiger partial charge in [-0.1, -0.05) is 18.2 Å². The first-order valence-corrected chi connectivity index (χ1v) is 9.12. The number of rotatable bonds is 4. The van der Waals surface area contributed by atoms with Crippen molar-refractivity contribution in [1.82, 2.24) is 25.3 Å². The highest BCUT2D eigenvalue weighted by molar-refractivity contribution is 5.87. The molecule has 0 bridgehead atoms. The summed E-state index contributed by atoms with van der Waals surface area (Å²) in [5, 5.41) is 7.11. The van der Waals surface area contributed by atoms with Gasteiger partial charge in [-0.25, -0.2) is 4.98 Å². The highest BCUT2D eigenvalue weighted by Crippen LogP contribution is 2.26. The molecule has 0 unspecified atom stereocenters. The van der Waals surface area contributed by atoms with Gasteiger partial charge in [0.1, 0.15) is 11.6 Å². The van der Waals surface area contributed by atoms with Crippen molar-refractivity contribution in [2.24, 2.45) is 0 Å². The number of piperazine rings is 1. The Labute approximate surface area is 162 Å². The van der Waals surface area contributed by atoms with Crippen LogP contribution in [0.4, 0.5) is 17.7 Å². The summed E-state index contributed by atoms with van der Waals surface area (Å²) in [5.74, 6) is 1.93. The number of nitrogens with two attached hydrogens (primary N) is 1. The monoisotopic (exact) mass is 378 g/mol. The number of pyridine rings is 1. The van der Waals surface area contributed by atoms with Gasteiger partial charge in [0.15, 0.2) is 0 Å². The maximum absolute atomic E-state index is 11.9. The lowest BCUT2D eigenvalue weighted by Crippen LogP contribution is -2.48. The Morgan fingerprint density at radius 1 is 1.21 bits per heavy atom. The normalized spacial score (nSPS) is 14.2. The van der Waals surface area contributed by atoms with Crippen LogP contribution >= 0.6 is 0 Å². The molecule has 9 nitrogen and oxygen atoms in total. The summed E-state index contributed by atoms with van der Waals surface area (Å²) >= 11 is 0. The van der Waals surface area contributed by atoms with Gasteiger partial charge < -0.3 is 21.3 Å². The van der Waals surface area contributed by atoms with Crippen molar-refractivity contribution in [3.05, 3.63) is 41.2 Å². The van der Waals surface area contributed by atoms with E-state index >= 15 is 0 Å². The topological polar surface area (TPSA) is 122 Å². The van der Waals surface area contributed by atoms with Gasteiger partial charge in [0.25, 0.3) is 0 Å². The van der Waals surface area contributed by atoms with Gasteiger partial charge in [0.2, 0.25) is 17.8 Å². The van der Waals surface area contributed by atoms with Crippen LogP contribution in [-0.2, 0) is 11.3 Å². The second kappa shape index (κ2) is 7.26. The number of carbonyl (C=O) groups excluding carboxylic acids is 1. The Bertz CT molecular complexity index is 1030. The Morgan fingerprint density at radius 3 is 2.86 bits per heavy atom. The highest BCUT2D eigenvalue weighted by Gasteiger charge is 2.21. The lowest BCUT2D eigenvalue weighted by Gasteiger charge is -2.29. The Morgan fingerprint density at radius 2 is 2.07 bits per heavy atom. The molecule has 3 heterocycles. The third kappa shape index (κ3) is 3.64. The lowest BCUT2D eigenvalue weighted by atomic mass is 10.1. The third-order valence-electron chi connectivity index (χ3n) is 4.64. The molecule has 1 aliphatic heterocycles. The molecule has 144 valence electrons. The number of benzene rings is 1. The summed E-state index contributed by atoms with van der Waals surface area (Å²) in [7, 11) is 0. The molecule has 1 saturated heterocycles. The van der Waals surface area contributed by atoms with Crippen LogP contribution in [0.2, 0.25) is 0 Å². The molecule has 9 heteroatoms. The number of para-hydroxylation sites is 1. The summed E-state index contributed by atoms with van der Waals surface area (Å²) in [6.45, 7) is 5.85. The van der Waals surface area contributed by atoms with Crippen molar-refractivity contribution < 1.29 is 4.79 Å². The largest absolute Gasteiger partial charge is 0.368 e. The number of nitrogens with zero attached hydrogens (tertiary/aromatic N) is 5. The molecule has 4 rings (SSSR count). The van der Waals surface area contributed by atoms with E-state index in [0.29, 0.717) is 31.4 Å². The number of aromatic nitrogens is 4. The lowest BCUT2D eigenvalue weighted by molar-refractivity contribution is -0.120. The quantitative estimate of drug-likeness (QED) is 0.618. The van der Waals surface area contributed by atoms with Crippen molar-refractivity contribution in [2.45, 2.75) is 20.4 Å². The molecule has 0 atom stereocenters. The van der Waals surface area contributed by atoms with Gasteiger partial charge in [-0.2, -0.15) is 15.0 Å². The first-order chi connectivity index (χ1) is 13.5. The molecule has 28 heavy (non-hydrogen) atoms. The smallest absolute Gasteiger partial charge is 0.239 e. The minimum absolute atomic E-state index is 0.00212. The number of aryl methyl sites for hydroxylation is 2. The van der Waals surface area contributed by atoms with Gasteiger partial charge in [-0.05, 0) is 25.5 Å². The standard InChI is InChI=1S/C19H22N8O/c1-11-4-3-5-13-8-14(9-22-19-24-12(2)23-18(20)26-19)17(25-16(11)13)27-7-6-21-15(28)10-27/h3-5,8H,6-7,9-10H2,1-2H3,(H,21,28)(H3,20,22,23,24,26). The maximum Gasteiger partial charge on any atom is 0.239 e. The van der Waals surface area contributed by atoms with Crippen LogP contribution in [0.15, 0.2) is 24.3 Å². The first kappa shape index (κ1) is 17.9. The zero-order chi connectivity index (χ0) is 19.7. The van der Waals surface area contributed by atoms with Crippen LogP contribution in [0.25, 0.3) is 10.9 Å². The summed E-state index contributed by atoms with van der Waals surface area (Å²) < 4.78 is 0. The van der Waals surface area contributed by atoms with Crippen LogP contribution < -0.4 is 21.3 Å². The predicted octanol–water partition coefficient (Wildman–Crippen LogP) is 1.17. The molecule has 4 N–H and O–H groups in total. The fraction of sp³-hybridized carbons (Fsp3) is 0.316. The fourth-order valence-corrected chi connectivity index (χ4v) is 3.36. The zero-order valence-corrected chi connectivity index (χ0v) is 15.9. The summed E-state index contributed by atoms with van der Waals surface area (Å²) in [5.41, 5.74) is 8.71. The number of carbonyl (C=O) groups is 1. The van der Waals surface area contributed by atoms with E-state index in [2.05, 4.69) is 31.7 Å². The average Bonchev–Trinajstić information content (AvgIpc) is 2.65. The Kier molecular flexibility index (Phi) is 4.64. The summed E-state index contributed by atoms with van der Waals surface area (Å²) in [6, 6.07) is 8.19. The number of amides is 1. The van der Waals surface area contributed by atoms with E-state index in [0.717, 1.165) is 27.8 Å². The molecule has 3 aromatic rings. The molecular formula is C19H22N8O. The van der Waals surface area contributed by atoms with Crippen molar-refractivity contribution in [1.29, 1.82) is 0 Å². The average molecular weight is 378 g/mol. The molecule has 0 radical (unpaired) electrons. The second-order valence-corrected chi connectivity index (χ2v) is 6.81. The summed E-state index contributed by atoms with van der Waals surface area (Å²) in [4.78, 5) is 31.2. The van der Waals surface area contributed by atoms with Gasteiger partial charge in [-0.15, -0.1) is 0 Å². The van der Waals surface area contributed by atoms with Crippen LogP contribution in [0, 0.1) is 13.8 Å². The zero-order valence-electron chi connectivity index (χ0n) is 15.9. The van der Waals surface area contributed by atoms with Crippen molar-refractivity contribution in [2.75, 3.05) is 35.6 Å². The van der Waals surface area contributed by atoms with Gasteiger partial charge in [0, 0.05) is 30.6 Å². The van der Waals surface area contributed by atoms with E-state index in [1.54, 1.807) is 6.92 Å². The first-order valence-electron chi connectivity index (χ1n) is 9.12. The third-order valence-corrected chi connectivity index (χ3v) is 4.64. The molecule has 0 saturated carbocycles. The SMILES string of the molecule is Cc1nc(N)nc(NCc2cc3cccc(C)c3nc2N2CCNC(=O)C2)n1. The highest BCUT2D eigenvalue weighted by atomic mass is 16.2. The van der Waals surface area contributed by atoms with Crippen molar-refractivity contribution in [3.63, 3.8) is 0 Å².